The van der Waals surface area contributed by atoms with Crippen molar-refractivity contribution in [1.82, 2.24) is 0 Å². The molecule has 0 aliphatic heterocycles. The van der Waals surface area contributed by atoms with E-state index in [1.54, 1.807) is 4.90 Å². The van der Waals surface area contributed by atoms with E-state index in [0.29, 0.717) is 0 Å². The van der Waals surface area contributed by atoms with Crippen LogP contribution in [0, 0.1) is 13.8 Å². The van der Waals surface area contributed by atoms with Gasteiger partial charge in [-0.25, -0.2) is 0 Å². The van der Waals surface area contributed by atoms with Crippen LogP contribution < -0.4 is 4.90 Å². The summed E-state index contributed by atoms with van der Waals surface area (Å²) in [5, 5.41) is 2.08. The van der Waals surface area contributed by atoms with Gasteiger partial charge in [0.25, 0.3) is 5.91 Å². The van der Waals surface area contributed by atoms with Gasteiger partial charge in [0.2, 0.25) is 0 Å². The summed E-state index contributed by atoms with van der Waals surface area (Å²) in [6.45, 7) is 4.07. The Labute approximate surface area is 131 Å². The molecule has 0 saturated carbocycles. The summed E-state index contributed by atoms with van der Waals surface area (Å²) in [4.78, 5) is 14.7. The molecule has 0 saturated heterocycles. The van der Waals surface area contributed by atoms with Crippen LogP contribution in [0.1, 0.15) is 21.5 Å². The van der Waals surface area contributed by atoms with Crippen LogP contribution in [0.3, 0.4) is 0 Å². The van der Waals surface area contributed by atoms with E-state index in [1.807, 2.05) is 63.4 Å². The maximum Gasteiger partial charge on any atom is 0.258 e. The van der Waals surface area contributed by atoms with Crippen molar-refractivity contribution in [2.75, 3.05) is 11.9 Å². The fourth-order valence-electron chi connectivity index (χ4n) is 2.78. The summed E-state index contributed by atoms with van der Waals surface area (Å²) < 4.78 is 0. The molecular formula is C20H19NO. The Morgan fingerprint density at radius 2 is 1.64 bits per heavy atom. The molecule has 0 atom stereocenters. The lowest BCUT2D eigenvalue weighted by atomic mass is 10.0. The van der Waals surface area contributed by atoms with Gasteiger partial charge in [-0.15, -0.1) is 0 Å². The average Bonchev–Trinajstić information content (AvgIpc) is 2.55. The van der Waals surface area contributed by atoms with Gasteiger partial charge in [-0.05, 0) is 47.9 Å². The quantitative estimate of drug-likeness (QED) is 0.667. The van der Waals surface area contributed by atoms with Crippen molar-refractivity contribution >= 4 is 22.4 Å². The number of fused-ring (bicyclic) bond motifs is 1. The zero-order valence-electron chi connectivity index (χ0n) is 13.1. The van der Waals surface area contributed by atoms with Crippen LogP contribution in [-0.2, 0) is 0 Å². The molecule has 0 N–H and O–H groups in total. The number of aryl methyl sites for hydroxylation is 2. The lowest BCUT2D eigenvalue weighted by Crippen LogP contribution is -2.27. The lowest BCUT2D eigenvalue weighted by molar-refractivity contribution is 0.0994. The molecule has 22 heavy (non-hydrogen) atoms. The minimum Gasteiger partial charge on any atom is -0.311 e. The van der Waals surface area contributed by atoms with Crippen molar-refractivity contribution < 1.29 is 4.79 Å². The highest BCUT2D eigenvalue weighted by atomic mass is 16.2. The third-order valence-electron chi connectivity index (χ3n) is 4.05. The van der Waals surface area contributed by atoms with Gasteiger partial charge in [-0.3, -0.25) is 4.79 Å². The highest BCUT2D eigenvalue weighted by Gasteiger charge is 2.17. The van der Waals surface area contributed by atoms with E-state index in [9.17, 15) is 4.79 Å². The van der Waals surface area contributed by atoms with E-state index < -0.39 is 0 Å². The minimum absolute atomic E-state index is 0.0190. The number of hydrogen-bond acceptors (Lipinski definition) is 1. The Balaban J connectivity index is 2.07. The molecule has 0 bridgehead atoms. The molecule has 0 radical (unpaired) electrons. The first-order valence-electron chi connectivity index (χ1n) is 7.41. The van der Waals surface area contributed by atoms with Gasteiger partial charge in [-0.2, -0.15) is 0 Å². The molecule has 0 unspecified atom stereocenters. The van der Waals surface area contributed by atoms with E-state index in [4.69, 9.17) is 0 Å². The van der Waals surface area contributed by atoms with E-state index in [2.05, 4.69) is 18.2 Å². The van der Waals surface area contributed by atoms with E-state index in [-0.39, 0.29) is 5.91 Å². The Bertz CT molecular complexity index is 846. The van der Waals surface area contributed by atoms with Gasteiger partial charge >= 0.3 is 0 Å². The minimum atomic E-state index is 0.0190. The van der Waals surface area contributed by atoms with E-state index in [1.165, 1.54) is 0 Å². The summed E-state index contributed by atoms with van der Waals surface area (Å²) in [6, 6.07) is 20.0. The standard InChI is InChI=1S/C20H19NO/c1-14-11-12-15(2)19(13-14)21(3)20(22)18-10-6-8-16-7-4-5-9-17(16)18/h4-13H,1-3H3. The van der Waals surface area contributed by atoms with Crippen LogP contribution in [0.2, 0.25) is 0 Å². The van der Waals surface area contributed by atoms with Crippen molar-refractivity contribution in [3.05, 3.63) is 77.4 Å². The number of anilines is 1. The van der Waals surface area contributed by atoms with Crippen molar-refractivity contribution in [2.45, 2.75) is 13.8 Å². The second-order valence-electron chi connectivity index (χ2n) is 5.68. The normalized spacial score (nSPS) is 10.7. The van der Waals surface area contributed by atoms with Crippen LogP contribution in [-0.4, -0.2) is 13.0 Å². The molecule has 2 heteroatoms. The van der Waals surface area contributed by atoms with Gasteiger partial charge in [0.1, 0.15) is 0 Å². The van der Waals surface area contributed by atoms with Crippen LogP contribution in [0.4, 0.5) is 5.69 Å². The largest absolute Gasteiger partial charge is 0.311 e. The maximum absolute atomic E-state index is 12.9. The zero-order chi connectivity index (χ0) is 15.7. The molecule has 0 fully saturated rings. The number of nitrogens with zero attached hydrogens (tertiary/aromatic N) is 1. The number of carbonyl (C=O) groups is 1. The van der Waals surface area contributed by atoms with Crippen molar-refractivity contribution in [2.24, 2.45) is 0 Å². The van der Waals surface area contributed by atoms with Crippen molar-refractivity contribution in [3.8, 4) is 0 Å². The Kier molecular flexibility index (Phi) is 3.68. The second-order valence-corrected chi connectivity index (χ2v) is 5.68. The molecule has 3 aromatic carbocycles. The number of benzene rings is 3. The van der Waals surface area contributed by atoms with Gasteiger partial charge in [-0.1, -0.05) is 48.5 Å². The monoisotopic (exact) mass is 289 g/mol. The Morgan fingerprint density at radius 1 is 0.909 bits per heavy atom. The third kappa shape index (κ3) is 2.48. The average molecular weight is 289 g/mol. The van der Waals surface area contributed by atoms with Crippen LogP contribution in [0.5, 0.6) is 0 Å². The first-order chi connectivity index (χ1) is 10.6. The number of amides is 1. The summed E-state index contributed by atoms with van der Waals surface area (Å²) in [6.07, 6.45) is 0. The van der Waals surface area contributed by atoms with Gasteiger partial charge < -0.3 is 4.90 Å². The highest BCUT2D eigenvalue weighted by molar-refractivity contribution is 6.14. The van der Waals surface area contributed by atoms with Crippen molar-refractivity contribution in [1.29, 1.82) is 0 Å². The number of carbonyl (C=O) groups excluding carboxylic acids is 1. The van der Waals surface area contributed by atoms with Crippen LogP contribution >= 0.6 is 0 Å². The molecule has 110 valence electrons. The predicted molar refractivity (Wildman–Crippen MR) is 92.6 cm³/mol. The topological polar surface area (TPSA) is 20.3 Å². The molecule has 0 heterocycles. The first kappa shape index (κ1) is 14.3. The summed E-state index contributed by atoms with van der Waals surface area (Å²) >= 11 is 0. The molecular weight excluding hydrogens is 270 g/mol. The Morgan fingerprint density at radius 3 is 2.45 bits per heavy atom. The lowest BCUT2D eigenvalue weighted by Gasteiger charge is -2.21. The highest BCUT2D eigenvalue weighted by Crippen LogP contribution is 2.25. The smallest absolute Gasteiger partial charge is 0.258 e. The van der Waals surface area contributed by atoms with E-state index >= 15 is 0 Å². The maximum atomic E-state index is 12.9. The van der Waals surface area contributed by atoms with Gasteiger partial charge in [0.05, 0.1) is 0 Å². The second kappa shape index (κ2) is 5.64. The van der Waals surface area contributed by atoms with E-state index in [0.717, 1.165) is 33.2 Å². The van der Waals surface area contributed by atoms with Crippen LogP contribution in [0.15, 0.2) is 60.7 Å². The Hall–Kier alpha value is -2.61. The molecule has 3 aromatic rings. The molecule has 3 rings (SSSR count). The van der Waals surface area contributed by atoms with Gasteiger partial charge in [0.15, 0.2) is 0 Å². The summed E-state index contributed by atoms with van der Waals surface area (Å²) in [5.74, 6) is 0.0190. The molecule has 0 aliphatic rings. The number of rotatable bonds is 2. The molecule has 1 amide bonds. The van der Waals surface area contributed by atoms with Crippen LogP contribution in [0.25, 0.3) is 10.8 Å². The zero-order valence-corrected chi connectivity index (χ0v) is 13.1. The molecule has 0 aromatic heterocycles. The summed E-state index contributed by atoms with van der Waals surface area (Å²) in [5.41, 5.74) is 3.94. The first-order valence-corrected chi connectivity index (χ1v) is 7.41. The number of hydrogen-bond donors (Lipinski definition) is 0. The summed E-state index contributed by atoms with van der Waals surface area (Å²) in [7, 11) is 1.84. The fraction of sp³-hybridized carbons (Fsp3) is 0.150. The fourth-order valence-corrected chi connectivity index (χ4v) is 2.78. The van der Waals surface area contributed by atoms with Crippen molar-refractivity contribution in [3.63, 3.8) is 0 Å². The third-order valence-corrected chi connectivity index (χ3v) is 4.05. The molecule has 2 nitrogen and oxygen atoms in total. The predicted octanol–water partition coefficient (Wildman–Crippen LogP) is 4.73. The SMILES string of the molecule is Cc1ccc(C)c(N(C)C(=O)c2cccc3ccccc23)c1. The van der Waals surface area contributed by atoms with Gasteiger partial charge in [0, 0.05) is 18.3 Å². The molecule has 0 spiro atoms. The molecule has 0 aliphatic carbocycles.